The highest BCUT2D eigenvalue weighted by Crippen LogP contribution is 2.45. The zero-order chi connectivity index (χ0) is 25.3. The summed E-state index contributed by atoms with van der Waals surface area (Å²) in [6.45, 7) is 12.0. The molecule has 3 aliphatic rings. The molecule has 8 heteroatoms. The van der Waals surface area contributed by atoms with E-state index >= 15 is 0 Å². The van der Waals surface area contributed by atoms with E-state index in [1.165, 1.54) is 10.4 Å². The van der Waals surface area contributed by atoms with Crippen LogP contribution in [-0.4, -0.2) is 55.2 Å². The molecule has 2 aromatic rings. The van der Waals surface area contributed by atoms with Gasteiger partial charge in [0.1, 0.15) is 11.1 Å². The molecular weight excluding hydrogens is 472 g/mol. The maximum atomic E-state index is 12.9. The second kappa shape index (κ2) is 10.4. The fourth-order valence-corrected chi connectivity index (χ4v) is 6.81. The van der Waals surface area contributed by atoms with Gasteiger partial charge >= 0.3 is 0 Å². The van der Waals surface area contributed by atoms with Crippen molar-refractivity contribution in [2.75, 3.05) is 44.8 Å². The van der Waals surface area contributed by atoms with Crippen molar-refractivity contribution in [1.82, 2.24) is 9.80 Å². The summed E-state index contributed by atoms with van der Waals surface area (Å²) < 4.78 is 10.9. The lowest BCUT2D eigenvalue weighted by Crippen LogP contribution is -2.48. The van der Waals surface area contributed by atoms with Gasteiger partial charge in [-0.05, 0) is 53.9 Å². The first-order valence-electron chi connectivity index (χ1n) is 13.0. The van der Waals surface area contributed by atoms with Crippen LogP contribution in [0.15, 0.2) is 18.2 Å². The summed E-state index contributed by atoms with van der Waals surface area (Å²) >= 11 is 1.62. The third-order valence-corrected chi connectivity index (χ3v) is 9.49. The molecule has 5 rings (SSSR count). The van der Waals surface area contributed by atoms with E-state index in [1.807, 2.05) is 6.07 Å². The summed E-state index contributed by atoms with van der Waals surface area (Å²) in [5.74, 6) is 2.22. The molecule has 1 unspecified atom stereocenters. The van der Waals surface area contributed by atoms with Gasteiger partial charge in [0.25, 0.3) is 0 Å². The van der Waals surface area contributed by atoms with Gasteiger partial charge in [0.05, 0.1) is 12.1 Å². The fraction of sp³-hybridized carbons (Fsp3) is 0.571. The third-order valence-electron chi connectivity index (χ3n) is 8.32. The van der Waals surface area contributed by atoms with Gasteiger partial charge < -0.3 is 14.8 Å². The van der Waals surface area contributed by atoms with E-state index in [0.717, 1.165) is 80.5 Å². The quantitative estimate of drug-likeness (QED) is 0.587. The number of benzene rings is 1. The predicted molar refractivity (Wildman–Crippen MR) is 142 cm³/mol. The minimum atomic E-state index is -0.0280. The van der Waals surface area contributed by atoms with E-state index < -0.39 is 0 Å². The summed E-state index contributed by atoms with van der Waals surface area (Å²) in [5.41, 5.74) is 3.35. The van der Waals surface area contributed by atoms with E-state index in [1.54, 1.807) is 11.3 Å². The highest BCUT2D eigenvalue weighted by atomic mass is 32.1. The van der Waals surface area contributed by atoms with Crippen molar-refractivity contribution in [2.45, 2.75) is 53.0 Å². The molecule has 0 bridgehead atoms. The van der Waals surface area contributed by atoms with Crippen molar-refractivity contribution in [3.05, 3.63) is 39.8 Å². The van der Waals surface area contributed by atoms with Gasteiger partial charge in [0.2, 0.25) is 12.7 Å². The van der Waals surface area contributed by atoms with E-state index in [2.05, 4.69) is 54.1 Å². The Balaban J connectivity index is 1.13. The number of nitrogens with one attached hydrogen (secondary N) is 1. The lowest BCUT2D eigenvalue weighted by Gasteiger charge is -2.36. The van der Waals surface area contributed by atoms with Crippen molar-refractivity contribution >= 4 is 22.2 Å². The minimum absolute atomic E-state index is 0.0280. The minimum Gasteiger partial charge on any atom is -0.454 e. The Hall–Kier alpha value is -2.60. The van der Waals surface area contributed by atoms with Crippen molar-refractivity contribution in [2.24, 2.45) is 11.3 Å². The molecule has 3 heterocycles. The van der Waals surface area contributed by atoms with Gasteiger partial charge in [-0.25, -0.2) is 0 Å². The molecule has 0 radical (unpaired) electrons. The molecule has 1 aromatic carbocycles. The SMILES string of the molecule is CCC(C)(C)C1CCc2c(sc(NC(=O)CN3CCN(Cc4ccc5c(c4)OCO5)CC3)c2C#N)C1. The summed E-state index contributed by atoms with van der Waals surface area (Å²) in [5, 5.41) is 13.7. The molecule has 1 aromatic heterocycles. The van der Waals surface area contributed by atoms with Crippen LogP contribution in [0.5, 0.6) is 11.5 Å². The van der Waals surface area contributed by atoms with Gasteiger partial charge in [-0.2, -0.15) is 5.26 Å². The van der Waals surface area contributed by atoms with Gasteiger partial charge in [0, 0.05) is 37.6 Å². The summed E-state index contributed by atoms with van der Waals surface area (Å²) in [6.07, 6.45) is 4.21. The number of carbonyl (C=O) groups excluding carboxylic acids is 1. The van der Waals surface area contributed by atoms with Crippen LogP contribution in [0.4, 0.5) is 5.00 Å². The predicted octanol–water partition coefficient (Wildman–Crippen LogP) is 4.65. The number of ether oxygens (including phenoxy) is 2. The van der Waals surface area contributed by atoms with Gasteiger partial charge in [-0.1, -0.05) is 33.3 Å². The average Bonchev–Trinajstić information content (AvgIpc) is 3.48. The Labute approximate surface area is 218 Å². The molecule has 1 N–H and O–H groups in total. The number of nitriles is 1. The number of anilines is 1. The summed E-state index contributed by atoms with van der Waals surface area (Å²) in [6, 6.07) is 8.50. The second-order valence-corrected chi connectivity index (χ2v) is 12.0. The molecule has 0 spiro atoms. The molecule has 1 atom stereocenters. The highest BCUT2D eigenvalue weighted by molar-refractivity contribution is 7.16. The monoisotopic (exact) mass is 508 g/mol. The number of fused-ring (bicyclic) bond motifs is 2. The van der Waals surface area contributed by atoms with Crippen LogP contribution in [0.3, 0.4) is 0 Å². The van der Waals surface area contributed by atoms with Crippen LogP contribution in [0.2, 0.25) is 0 Å². The first-order chi connectivity index (χ1) is 17.4. The van der Waals surface area contributed by atoms with Crippen LogP contribution in [-0.2, 0) is 24.2 Å². The van der Waals surface area contributed by atoms with Gasteiger partial charge in [-0.3, -0.25) is 14.6 Å². The Morgan fingerprint density at radius 2 is 1.94 bits per heavy atom. The number of nitrogens with zero attached hydrogens (tertiary/aromatic N) is 3. The number of amides is 1. The van der Waals surface area contributed by atoms with E-state index in [0.29, 0.717) is 30.2 Å². The standard InChI is InChI=1S/C28H36N4O3S/c1-4-28(2,3)20-6-7-21-22(15-29)27(36-25(21)14-20)30-26(33)17-32-11-9-31(10-12-32)16-19-5-8-23-24(13-19)35-18-34-23/h5,8,13,20H,4,6-7,9-12,14,16-18H2,1-3H3,(H,30,33). The number of carbonyl (C=O) groups is 1. The molecule has 7 nitrogen and oxygen atoms in total. The first-order valence-corrected chi connectivity index (χ1v) is 13.9. The average molecular weight is 509 g/mol. The maximum absolute atomic E-state index is 12.9. The van der Waals surface area contributed by atoms with Crippen LogP contribution < -0.4 is 14.8 Å². The van der Waals surface area contributed by atoms with Crippen molar-refractivity contribution in [1.29, 1.82) is 5.26 Å². The summed E-state index contributed by atoms with van der Waals surface area (Å²) in [7, 11) is 0. The lowest BCUT2D eigenvalue weighted by atomic mass is 9.69. The molecule has 192 valence electrons. The molecule has 2 aliphatic heterocycles. The zero-order valence-electron chi connectivity index (χ0n) is 21.6. The number of thiophene rings is 1. The molecule has 1 fully saturated rings. The topological polar surface area (TPSA) is 77.8 Å². The Morgan fingerprint density at radius 1 is 1.19 bits per heavy atom. The van der Waals surface area contributed by atoms with E-state index in [4.69, 9.17) is 9.47 Å². The largest absolute Gasteiger partial charge is 0.454 e. The number of hydrogen-bond donors (Lipinski definition) is 1. The Kier molecular flexibility index (Phi) is 7.25. The Bertz CT molecular complexity index is 1160. The van der Waals surface area contributed by atoms with E-state index in [9.17, 15) is 10.1 Å². The van der Waals surface area contributed by atoms with Crippen LogP contribution in [0.1, 0.15) is 55.2 Å². The van der Waals surface area contributed by atoms with Crippen LogP contribution in [0.25, 0.3) is 0 Å². The molecule has 1 saturated heterocycles. The zero-order valence-corrected chi connectivity index (χ0v) is 22.4. The summed E-state index contributed by atoms with van der Waals surface area (Å²) in [4.78, 5) is 18.8. The van der Waals surface area contributed by atoms with Crippen molar-refractivity contribution < 1.29 is 14.3 Å². The normalized spacial score (nSPS) is 20.1. The molecule has 1 aliphatic carbocycles. The molecule has 36 heavy (non-hydrogen) atoms. The molecular formula is C28H36N4O3S. The van der Waals surface area contributed by atoms with Gasteiger partial charge in [-0.15, -0.1) is 11.3 Å². The number of rotatable bonds is 7. The fourth-order valence-electron chi connectivity index (χ4n) is 5.52. The van der Waals surface area contributed by atoms with Gasteiger partial charge in [0.15, 0.2) is 11.5 Å². The van der Waals surface area contributed by atoms with Crippen LogP contribution >= 0.6 is 11.3 Å². The maximum Gasteiger partial charge on any atom is 0.239 e. The molecule has 1 amide bonds. The lowest BCUT2D eigenvalue weighted by molar-refractivity contribution is -0.117. The molecule has 0 saturated carbocycles. The first kappa shape index (κ1) is 25.1. The smallest absolute Gasteiger partial charge is 0.239 e. The number of piperazine rings is 1. The van der Waals surface area contributed by atoms with Crippen LogP contribution in [0, 0.1) is 22.7 Å². The highest BCUT2D eigenvalue weighted by Gasteiger charge is 2.34. The number of hydrogen-bond acceptors (Lipinski definition) is 7. The van der Waals surface area contributed by atoms with Crippen molar-refractivity contribution in [3.8, 4) is 17.6 Å². The third kappa shape index (κ3) is 5.24. The Morgan fingerprint density at radius 3 is 2.69 bits per heavy atom. The second-order valence-electron chi connectivity index (χ2n) is 10.9. The van der Waals surface area contributed by atoms with Crippen molar-refractivity contribution in [3.63, 3.8) is 0 Å². The van der Waals surface area contributed by atoms with E-state index in [-0.39, 0.29) is 5.91 Å².